The second-order valence-corrected chi connectivity index (χ2v) is 5.82. The van der Waals surface area contributed by atoms with E-state index < -0.39 is 0 Å². The Balaban J connectivity index is 2.03. The van der Waals surface area contributed by atoms with Gasteiger partial charge < -0.3 is 10.6 Å². The van der Waals surface area contributed by atoms with Gasteiger partial charge in [0, 0.05) is 5.69 Å². The fraction of sp³-hybridized carbons (Fsp3) is 0.562. The number of anilines is 1. The van der Waals surface area contributed by atoms with Crippen molar-refractivity contribution in [3.05, 3.63) is 29.8 Å². The molecule has 1 aromatic carbocycles. The first-order valence-electron chi connectivity index (χ1n) is 7.22. The topological polar surface area (TPSA) is 41.1 Å². The fourth-order valence-electron chi connectivity index (χ4n) is 2.60. The number of piperidine rings is 1. The number of carbonyl (C=O) groups is 1. The highest BCUT2D eigenvalue weighted by atomic mass is 16.2. The van der Waals surface area contributed by atoms with Gasteiger partial charge in [-0.1, -0.05) is 32.9 Å². The minimum absolute atomic E-state index is 0.0588. The van der Waals surface area contributed by atoms with Crippen LogP contribution in [0.25, 0.3) is 0 Å². The molecule has 1 saturated heterocycles. The van der Waals surface area contributed by atoms with Crippen LogP contribution in [-0.2, 0) is 4.79 Å². The maximum absolute atomic E-state index is 12.3. The van der Waals surface area contributed by atoms with Crippen molar-refractivity contribution in [1.29, 1.82) is 0 Å². The van der Waals surface area contributed by atoms with E-state index in [-0.39, 0.29) is 11.9 Å². The zero-order valence-electron chi connectivity index (χ0n) is 12.1. The van der Waals surface area contributed by atoms with Gasteiger partial charge in [0.2, 0.25) is 5.91 Å². The molecule has 3 nitrogen and oxygen atoms in total. The van der Waals surface area contributed by atoms with Gasteiger partial charge in [0.1, 0.15) is 0 Å². The molecule has 1 amide bonds. The molecule has 0 aliphatic carbocycles. The van der Waals surface area contributed by atoms with Crippen molar-refractivity contribution in [1.82, 2.24) is 5.32 Å². The quantitative estimate of drug-likeness (QED) is 0.876. The van der Waals surface area contributed by atoms with Crippen molar-refractivity contribution in [3.63, 3.8) is 0 Å². The molecule has 0 radical (unpaired) electrons. The molecule has 1 aliphatic rings. The van der Waals surface area contributed by atoms with Gasteiger partial charge in [0.25, 0.3) is 0 Å². The van der Waals surface area contributed by atoms with Crippen LogP contribution >= 0.6 is 0 Å². The molecule has 19 heavy (non-hydrogen) atoms. The number of amides is 1. The lowest BCUT2D eigenvalue weighted by molar-refractivity contribution is -0.119. The third-order valence-corrected chi connectivity index (χ3v) is 3.87. The lowest BCUT2D eigenvalue weighted by Crippen LogP contribution is -2.48. The number of hydrogen-bond donors (Lipinski definition) is 2. The zero-order valence-corrected chi connectivity index (χ0v) is 12.1. The van der Waals surface area contributed by atoms with E-state index in [1.54, 1.807) is 0 Å². The number of nitrogens with one attached hydrogen (secondary N) is 2. The van der Waals surface area contributed by atoms with Gasteiger partial charge in [-0.05, 0) is 48.9 Å². The van der Waals surface area contributed by atoms with Crippen molar-refractivity contribution in [2.45, 2.75) is 45.6 Å². The fourth-order valence-corrected chi connectivity index (χ4v) is 2.60. The molecule has 0 aromatic heterocycles. The number of hydrogen-bond acceptors (Lipinski definition) is 2. The van der Waals surface area contributed by atoms with Gasteiger partial charge in [0.15, 0.2) is 0 Å². The summed E-state index contributed by atoms with van der Waals surface area (Å²) in [4.78, 5) is 12.3. The summed E-state index contributed by atoms with van der Waals surface area (Å²) in [6, 6.07) is 8.06. The van der Waals surface area contributed by atoms with Gasteiger partial charge in [-0.2, -0.15) is 0 Å². The van der Waals surface area contributed by atoms with E-state index in [0.29, 0.717) is 11.8 Å². The van der Waals surface area contributed by atoms with E-state index in [1.165, 1.54) is 5.56 Å². The summed E-state index contributed by atoms with van der Waals surface area (Å²) < 4.78 is 0. The molecular formula is C16H24N2O. The van der Waals surface area contributed by atoms with Crippen LogP contribution in [-0.4, -0.2) is 18.5 Å². The van der Waals surface area contributed by atoms with Gasteiger partial charge in [0.05, 0.1) is 6.04 Å². The number of carbonyl (C=O) groups excluding carboxylic acids is 1. The first kappa shape index (κ1) is 14.1. The second kappa shape index (κ2) is 6.20. The summed E-state index contributed by atoms with van der Waals surface area (Å²) in [6.45, 7) is 7.40. The normalized spacial score (nSPS) is 23.4. The molecule has 2 unspecified atom stereocenters. The highest BCUT2D eigenvalue weighted by molar-refractivity contribution is 5.95. The Kier molecular flexibility index (Phi) is 4.59. The third kappa shape index (κ3) is 3.57. The SMILES string of the molecule is CC(C)c1cccc(NC(=O)C2NCCCC2C)c1. The maximum atomic E-state index is 12.3. The highest BCUT2D eigenvalue weighted by Crippen LogP contribution is 2.20. The Labute approximate surface area is 115 Å². The Morgan fingerprint density at radius 3 is 2.89 bits per heavy atom. The average Bonchev–Trinajstić information content (AvgIpc) is 2.39. The summed E-state index contributed by atoms with van der Waals surface area (Å²) >= 11 is 0. The molecule has 2 atom stereocenters. The Morgan fingerprint density at radius 2 is 2.21 bits per heavy atom. The van der Waals surface area contributed by atoms with Crippen LogP contribution < -0.4 is 10.6 Å². The van der Waals surface area contributed by atoms with Crippen LogP contribution in [0.4, 0.5) is 5.69 Å². The van der Waals surface area contributed by atoms with Gasteiger partial charge in [-0.3, -0.25) is 4.79 Å². The highest BCUT2D eigenvalue weighted by Gasteiger charge is 2.27. The van der Waals surface area contributed by atoms with E-state index in [4.69, 9.17) is 0 Å². The van der Waals surface area contributed by atoms with Crippen LogP contribution in [0.5, 0.6) is 0 Å². The molecule has 0 bridgehead atoms. The van der Waals surface area contributed by atoms with E-state index in [2.05, 4.69) is 43.5 Å². The van der Waals surface area contributed by atoms with Crippen LogP contribution in [0, 0.1) is 5.92 Å². The molecular weight excluding hydrogens is 236 g/mol. The minimum Gasteiger partial charge on any atom is -0.325 e. The van der Waals surface area contributed by atoms with Crippen molar-refractivity contribution < 1.29 is 4.79 Å². The average molecular weight is 260 g/mol. The van der Waals surface area contributed by atoms with Gasteiger partial charge >= 0.3 is 0 Å². The van der Waals surface area contributed by atoms with Gasteiger partial charge in [-0.25, -0.2) is 0 Å². The Morgan fingerprint density at radius 1 is 1.42 bits per heavy atom. The molecule has 3 heteroatoms. The van der Waals surface area contributed by atoms with Crippen molar-refractivity contribution in [2.24, 2.45) is 5.92 Å². The largest absolute Gasteiger partial charge is 0.325 e. The van der Waals surface area contributed by atoms with E-state index >= 15 is 0 Å². The zero-order chi connectivity index (χ0) is 13.8. The molecule has 1 heterocycles. The van der Waals surface area contributed by atoms with E-state index in [0.717, 1.165) is 25.1 Å². The molecule has 1 aromatic rings. The molecule has 104 valence electrons. The first-order valence-corrected chi connectivity index (χ1v) is 7.22. The standard InChI is InChI=1S/C16H24N2O/c1-11(2)13-7-4-8-14(10-13)18-16(19)15-12(3)6-5-9-17-15/h4,7-8,10-12,15,17H,5-6,9H2,1-3H3,(H,18,19). The van der Waals surface area contributed by atoms with Crippen LogP contribution in [0.1, 0.15) is 45.1 Å². The number of benzene rings is 1. The number of rotatable bonds is 3. The third-order valence-electron chi connectivity index (χ3n) is 3.87. The predicted molar refractivity (Wildman–Crippen MR) is 79.3 cm³/mol. The first-order chi connectivity index (χ1) is 9.08. The van der Waals surface area contributed by atoms with Gasteiger partial charge in [-0.15, -0.1) is 0 Å². The lowest BCUT2D eigenvalue weighted by atomic mass is 9.92. The summed E-state index contributed by atoms with van der Waals surface area (Å²) in [6.07, 6.45) is 2.28. The Bertz CT molecular complexity index is 442. The molecule has 1 aliphatic heterocycles. The molecule has 2 rings (SSSR count). The summed E-state index contributed by atoms with van der Waals surface area (Å²) in [5.74, 6) is 0.971. The maximum Gasteiger partial charge on any atom is 0.241 e. The van der Waals surface area contributed by atoms with Crippen LogP contribution in [0.3, 0.4) is 0 Å². The summed E-state index contributed by atoms with van der Waals surface area (Å²) in [5.41, 5.74) is 2.15. The summed E-state index contributed by atoms with van der Waals surface area (Å²) in [5, 5.41) is 6.35. The van der Waals surface area contributed by atoms with Crippen molar-refractivity contribution in [2.75, 3.05) is 11.9 Å². The van der Waals surface area contributed by atoms with Crippen molar-refractivity contribution >= 4 is 11.6 Å². The minimum atomic E-state index is -0.0588. The molecule has 0 saturated carbocycles. The van der Waals surface area contributed by atoms with E-state index in [9.17, 15) is 4.79 Å². The van der Waals surface area contributed by atoms with Crippen molar-refractivity contribution in [3.8, 4) is 0 Å². The molecule has 1 fully saturated rings. The predicted octanol–water partition coefficient (Wildman–Crippen LogP) is 3.14. The monoisotopic (exact) mass is 260 g/mol. The van der Waals surface area contributed by atoms with E-state index in [1.807, 2.05) is 12.1 Å². The van der Waals surface area contributed by atoms with Crippen LogP contribution in [0.2, 0.25) is 0 Å². The lowest BCUT2D eigenvalue weighted by Gasteiger charge is -2.29. The van der Waals surface area contributed by atoms with Crippen LogP contribution in [0.15, 0.2) is 24.3 Å². The molecule has 0 spiro atoms. The summed E-state index contributed by atoms with van der Waals surface area (Å²) in [7, 11) is 0. The molecule has 2 N–H and O–H groups in total. The smallest absolute Gasteiger partial charge is 0.241 e. The Hall–Kier alpha value is -1.35. The second-order valence-electron chi connectivity index (χ2n) is 5.82.